The first-order valence-electron chi connectivity index (χ1n) is 7.13. The van der Waals surface area contributed by atoms with Gasteiger partial charge >= 0.3 is 0 Å². The SMILES string of the molecule is Cc1ccc2[nH]c(=O)cc(C(=O)NCC3CCOC3)c2c1. The van der Waals surface area contributed by atoms with E-state index < -0.39 is 0 Å². The van der Waals surface area contributed by atoms with Crippen molar-refractivity contribution in [3.63, 3.8) is 0 Å². The van der Waals surface area contributed by atoms with Crippen LogP contribution in [0.1, 0.15) is 22.3 Å². The molecular weight excluding hydrogens is 268 g/mol. The Bertz CT molecular complexity index is 730. The van der Waals surface area contributed by atoms with Gasteiger partial charge in [0.1, 0.15) is 0 Å². The highest BCUT2D eigenvalue weighted by Gasteiger charge is 2.18. The first-order chi connectivity index (χ1) is 10.1. The Morgan fingerprint density at radius 1 is 1.43 bits per heavy atom. The maximum atomic E-state index is 12.4. The van der Waals surface area contributed by atoms with E-state index in [0.717, 1.165) is 24.0 Å². The van der Waals surface area contributed by atoms with Gasteiger partial charge in [-0.1, -0.05) is 11.6 Å². The van der Waals surface area contributed by atoms with Crippen LogP contribution >= 0.6 is 0 Å². The number of aromatic amines is 1. The predicted molar refractivity (Wildman–Crippen MR) is 80.6 cm³/mol. The van der Waals surface area contributed by atoms with Crippen molar-refractivity contribution in [2.75, 3.05) is 19.8 Å². The molecule has 1 amide bonds. The molecule has 21 heavy (non-hydrogen) atoms. The van der Waals surface area contributed by atoms with Gasteiger partial charge in [0.25, 0.3) is 5.91 Å². The number of aryl methyl sites for hydroxylation is 1. The summed E-state index contributed by atoms with van der Waals surface area (Å²) in [5.74, 6) is 0.160. The summed E-state index contributed by atoms with van der Waals surface area (Å²) >= 11 is 0. The number of carbonyl (C=O) groups is 1. The summed E-state index contributed by atoms with van der Waals surface area (Å²) in [6.07, 6.45) is 0.968. The molecule has 1 unspecified atom stereocenters. The average molecular weight is 286 g/mol. The zero-order valence-electron chi connectivity index (χ0n) is 11.9. The quantitative estimate of drug-likeness (QED) is 0.900. The Labute approximate surface area is 122 Å². The fourth-order valence-electron chi connectivity index (χ4n) is 2.63. The fraction of sp³-hybridized carbons (Fsp3) is 0.375. The molecule has 1 fully saturated rings. The van der Waals surface area contributed by atoms with Gasteiger partial charge in [-0.3, -0.25) is 9.59 Å². The molecule has 0 saturated carbocycles. The molecule has 5 heteroatoms. The van der Waals surface area contributed by atoms with Crippen molar-refractivity contribution in [3.05, 3.63) is 45.7 Å². The molecule has 0 bridgehead atoms. The van der Waals surface area contributed by atoms with Crippen LogP contribution in [0.4, 0.5) is 0 Å². The van der Waals surface area contributed by atoms with Gasteiger partial charge in [-0.2, -0.15) is 0 Å². The molecule has 1 aromatic carbocycles. The molecule has 0 aliphatic carbocycles. The van der Waals surface area contributed by atoms with Crippen LogP contribution in [-0.2, 0) is 4.74 Å². The van der Waals surface area contributed by atoms with Crippen molar-refractivity contribution >= 4 is 16.8 Å². The molecule has 110 valence electrons. The lowest BCUT2D eigenvalue weighted by molar-refractivity contribution is 0.0946. The lowest BCUT2D eigenvalue weighted by Crippen LogP contribution is -2.30. The van der Waals surface area contributed by atoms with E-state index in [4.69, 9.17) is 4.74 Å². The molecule has 2 heterocycles. The van der Waals surface area contributed by atoms with Crippen molar-refractivity contribution in [2.24, 2.45) is 5.92 Å². The molecule has 1 saturated heterocycles. The van der Waals surface area contributed by atoms with Gasteiger partial charge in [0.05, 0.1) is 12.2 Å². The Balaban J connectivity index is 1.89. The minimum atomic E-state index is -0.263. The first kappa shape index (κ1) is 13.8. The van der Waals surface area contributed by atoms with E-state index in [0.29, 0.717) is 30.1 Å². The number of ether oxygens (including phenoxy) is 1. The van der Waals surface area contributed by atoms with E-state index in [1.807, 2.05) is 25.1 Å². The number of H-pyrrole nitrogens is 1. The number of pyridine rings is 1. The van der Waals surface area contributed by atoms with Gasteiger partial charge < -0.3 is 15.0 Å². The summed E-state index contributed by atoms with van der Waals surface area (Å²) in [6.45, 7) is 3.99. The highest BCUT2D eigenvalue weighted by Crippen LogP contribution is 2.17. The molecule has 1 atom stereocenters. The zero-order valence-corrected chi connectivity index (χ0v) is 11.9. The fourth-order valence-corrected chi connectivity index (χ4v) is 2.63. The van der Waals surface area contributed by atoms with Crippen LogP contribution in [0.25, 0.3) is 10.9 Å². The molecule has 2 N–H and O–H groups in total. The van der Waals surface area contributed by atoms with Crippen molar-refractivity contribution in [3.8, 4) is 0 Å². The third kappa shape index (κ3) is 2.97. The standard InChI is InChI=1S/C16H18N2O3/c1-10-2-3-14-12(6-10)13(7-15(19)18-14)16(20)17-8-11-4-5-21-9-11/h2-3,6-7,11H,4-5,8-9H2,1H3,(H,17,20)(H,18,19). The zero-order chi connectivity index (χ0) is 14.8. The summed E-state index contributed by atoms with van der Waals surface area (Å²) in [4.78, 5) is 26.8. The van der Waals surface area contributed by atoms with E-state index in [1.165, 1.54) is 6.07 Å². The summed E-state index contributed by atoms with van der Waals surface area (Å²) < 4.78 is 5.29. The minimum absolute atomic E-state index is 0.205. The second-order valence-corrected chi connectivity index (χ2v) is 5.54. The normalized spacial score (nSPS) is 18.0. The highest BCUT2D eigenvalue weighted by molar-refractivity contribution is 6.06. The maximum absolute atomic E-state index is 12.4. The number of rotatable bonds is 3. The number of nitrogens with one attached hydrogen (secondary N) is 2. The molecule has 2 aromatic rings. The van der Waals surface area contributed by atoms with Gasteiger partial charge in [-0.15, -0.1) is 0 Å². The maximum Gasteiger partial charge on any atom is 0.252 e. The molecule has 1 aliphatic heterocycles. The van der Waals surface area contributed by atoms with Crippen LogP contribution in [0, 0.1) is 12.8 Å². The van der Waals surface area contributed by atoms with Crippen molar-refractivity contribution in [1.82, 2.24) is 10.3 Å². The topological polar surface area (TPSA) is 71.2 Å². The summed E-state index contributed by atoms with van der Waals surface area (Å²) in [7, 11) is 0. The van der Waals surface area contributed by atoms with Gasteiger partial charge in [-0.25, -0.2) is 0 Å². The van der Waals surface area contributed by atoms with Gasteiger partial charge in [0.15, 0.2) is 0 Å². The van der Waals surface area contributed by atoms with Crippen molar-refractivity contribution in [2.45, 2.75) is 13.3 Å². The lowest BCUT2D eigenvalue weighted by Gasteiger charge is -2.11. The second-order valence-electron chi connectivity index (χ2n) is 5.54. The third-order valence-electron chi connectivity index (χ3n) is 3.82. The van der Waals surface area contributed by atoms with Crippen LogP contribution in [0.5, 0.6) is 0 Å². The lowest BCUT2D eigenvalue weighted by atomic mass is 10.1. The minimum Gasteiger partial charge on any atom is -0.381 e. The molecule has 5 nitrogen and oxygen atoms in total. The van der Waals surface area contributed by atoms with Crippen molar-refractivity contribution < 1.29 is 9.53 Å². The number of hydrogen-bond acceptors (Lipinski definition) is 3. The van der Waals surface area contributed by atoms with Crippen molar-refractivity contribution in [1.29, 1.82) is 0 Å². The number of benzene rings is 1. The Hall–Kier alpha value is -2.14. The monoisotopic (exact) mass is 286 g/mol. The molecule has 0 spiro atoms. The number of hydrogen-bond donors (Lipinski definition) is 2. The van der Waals surface area contributed by atoms with E-state index in [-0.39, 0.29) is 11.5 Å². The first-order valence-corrected chi connectivity index (χ1v) is 7.13. The van der Waals surface area contributed by atoms with Crippen LogP contribution in [0.15, 0.2) is 29.1 Å². The largest absolute Gasteiger partial charge is 0.381 e. The number of amides is 1. The summed E-state index contributed by atoms with van der Waals surface area (Å²) in [6, 6.07) is 7.02. The molecule has 3 rings (SSSR count). The van der Waals surface area contributed by atoms with E-state index >= 15 is 0 Å². The van der Waals surface area contributed by atoms with Gasteiger partial charge in [0, 0.05) is 36.0 Å². The highest BCUT2D eigenvalue weighted by atomic mass is 16.5. The van der Waals surface area contributed by atoms with Crippen LogP contribution < -0.4 is 10.9 Å². The summed E-state index contributed by atoms with van der Waals surface area (Å²) in [5, 5.41) is 3.68. The number of aromatic nitrogens is 1. The summed E-state index contributed by atoms with van der Waals surface area (Å²) in [5.41, 5.74) is 1.90. The number of fused-ring (bicyclic) bond motifs is 1. The third-order valence-corrected chi connectivity index (χ3v) is 3.82. The Kier molecular flexibility index (Phi) is 3.75. The van der Waals surface area contributed by atoms with E-state index in [1.54, 1.807) is 0 Å². The van der Waals surface area contributed by atoms with Crippen LogP contribution in [0.3, 0.4) is 0 Å². The average Bonchev–Trinajstić information content (AvgIpc) is 2.97. The van der Waals surface area contributed by atoms with E-state index in [2.05, 4.69) is 10.3 Å². The second kappa shape index (κ2) is 5.69. The molecule has 1 aliphatic rings. The number of carbonyl (C=O) groups excluding carboxylic acids is 1. The van der Waals surface area contributed by atoms with E-state index in [9.17, 15) is 9.59 Å². The predicted octanol–water partition coefficient (Wildman–Crippen LogP) is 1.60. The van der Waals surface area contributed by atoms with Crippen LogP contribution in [0.2, 0.25) is 0 Å². The van der Waals surface area contributed by atoms with Gasteiger partial charge in [-0.05, 0) is 25.5 Å². The molecule has 0 radical (unpaired) electrons. The molecule has 1 aromatic heterocycles. The Morgan fingerprint density at radius 2 is 2.29 bits per heavy atom. The Morgan fingerprint density at radius 3 is 3.05 bits per heavy atom. The van der Waals surface area contributed by atoms with Crippen LogP contribution in [-0.4, -0.2) is 30.6 Å². The smallest absolute Gasteiger partial charge is 0.252 e. The van der Waals surface area contributed by atoms with Gasteiger partial charge in [0.2, 0.25) is 5.56 Å². The molecular formula is C16H18N2O3.